The number of likely N-dealkylation sites (tertiary alicyclic amines) is 1. The summed E-state index contributed by atoms with van der Waals surface area (Å²) in [6.45, 7) is 6.46. The summed E-state index contributed by atoms with van der Waals surface area (Å²) in [5.74, 6) is 1.89. The maximum atomic E-state index is 5.30. The number of rotatable bonds is 8. The lowest BCUT2D eigenvalue weighted by atomic mass is 10.1. The van der Waals surface area contributed by atoms with Crippen LogP contribution in [0.15, 0.2) is 29.3 Å². The van der Waals surface area contributed by atoms with Gasteiger partial charge in [-0.05, 0) is 50.0 Å². The molecule has 1 aliphatic rings. The van der Waals surface area contributed by atoms with E-state index in [1.165, 1.54) is 44.3 Å². The van der Waals surface area contributed by atoms with Gasteiger partial charge in [0.15, 0.2) is 5.96 Å². The highest BCUT2D eigenvalue weighted by Crippen LogP contribution is 2.26. The van der Waals surface area contributed by atoms with Crippen molar-refractivity contribution in [2.24, 2.45) is 4.99 Å². The fraction of sp³-hybridized carbons (Fsp3) is 0.650. The second-order valence-electron chi connectivity index (χ2n) is 6.74. The Morgan fingerprint density at radius 2 is 1.96 bits per heavy atom. The molecule has 1 N–H and O–H groups in total. The van der Waals surface area contributed by atoms with Gasteiger partial charge in [0, 0.05) is 27.2 Å². The van der Waals surface area contributed by atoms with E-state index in [4.69, 9.17) is 4.74 Å². The van der Waals surface area contributed by atoms with E-state index in [-0.39, 0.29) is 0 Å². The third-order valence-corrected chi connectivity index (χ3v) is 4.96. The van der Waals surface area contributed by atoms with E-state index in [2.05, 4.69) is 58.3 Å². The lowest BCUT2D eigenvalue weighted by Gasteiger charge is -2.30. The van der Waals surface area contributed by atoms with Crippen LogP contribution in [0.3, 0.4) is 0 Å². The Morgan fingerprint density at radius 1 is 1.28 bits per heavy atom. The van der Waals surface area contributed by atoms with E-state index < -0.39 is 0 Å². The number of benzene rings is 1. The second kappa shape index (κ2) is 10.3. The zero-order valence-electron chi connectivity index (χ0n) is 16.3. The molecule has 25 heavy (non-hydrogen) atoms. The van der Waals surface area contributed by atoms with Gasteiger partial charge in [-0.3, -0.25) is 9.89 Å². The molecule has 1 aliphatic heterocycles. The van der Waals surface area contributed by atoms with Gasteiger partial charge in [0.1, 0.15) is 5.75 Å². The number of hydrogen-bond acceptors (Lipinski definition) is 3. The molecule has 0 spiro atoms. The van der Waals surface area contributed by atoms with E-state index in [1.54, 1.807) is 7.11 Å². The van der Waals surface area contributed by atoms with Crippen LogP contribution >= 0.6 is 0 Å². The predicted octanol–water partition coefficient (Wildman–Crippen LogP) is 3.14. The van der Waals surface area contributed by atoms with Crippen molar-refractivity contribution in [1.82, 2.24) is 15.1 Å². The molecule has 1 fully saturated rings. The van der Waals surface area contributed by atoms with Crippen molar-refractivity contribution in [3.63, 3.8) is 0 Å². The van der Waals surface area contributed by atoms with Gasteiger partial charge in [0.25, 0.3) is 0 Å². The van der Waals surface area contributed by atoms with Crippen LogP contribution in [0.2, 0.25) is 0 Å². The lowest BCUT2D eigenvalue weighted by Crippen LogP contribution is -2.43. The third kappa shape index (κ3) is 5.63. The molecule has 5 heteroatoms. The van der Waals surface area contributed by atoms with E-state index >= 15 is 0 Å². The summed E-state index contributed by atoms with van der Waals surface area (Å²) < 4.78 is 5.30. The fourth-order valence-corrected chi connectivity index (χ4v) is 3.41. The zero-order chi connectivity index (χ0) is 18.1. The van der Waals surface area contributed by atoms with Crippen LogP contribution in [0.25, 0.3) is 0 Å². The van der Waals surface area contributed by atoms with Crippen LogP contribution in [0.1, 0.15) is 44.2 Å². The van der Waals surface area contributed by atoms with Crippen LogP contribution < -0.4 is 10.1 Å². The van der Waals surface area contributed by atoms with Crippen LogP contribution in [-0.4, -0.2) is 63.1 Å². The summed E-state index contributed by atoms with van der Waals surface area (Å²) in [7, 11) is 5.69. The second-order valence-corrected chi connectivity index (χ2v) is 6.74. The molecule has 0 radical (unpaired) electrons. The molecule has 1 atom stereocenters. The Labute approximate surface area is 153 Å². The SMILES string of the molecule is CCCCN(C)C(=NC)NCC(c1ccc(OC)cc1)N1CCCC1. The first-order valence-electron chi connectivity index (χ1n) is 9.49. The summed E-state index contributed by atoms with van der Waals surface area (Å²) in [5.41, 5.74) is 1.34. The zero-order valence-corrected chi connectivity index (χ0v) is 16.3. The lowest BCUT2D eigenvalue weighted by molar-refractivity contribution is 0.244. The number of nitrogens with zero attached hydrogens (tertiary/aromatic N) is 3. The molecule has 0 amide bonds. The molecule has 5 nitrogen and oxygen atoms in total. The van der Waals surface area contributed by atoms with E-state index in [9.17, 15) is 0 Å². The minimum atomic E-state index is 0.365. The highest BCUT2D eigenvalue weighted by atomic mass is 16.5. The van der Waals surface area contributed by atoms with Crippen molar-refractivity contribution in [1.29, 1.82) is 0 Å². The van der Waals surface area contributed by atoms with Crippen molar-refractivity contribution >= 4 is 5.96 Å². The molecular formula is C20H34N4O. The Balaban J connectivity index is 2.05. The van der Waals surface area contributed by atoms with Gasteiger partial charge in [-0.25, -0.2) is 0 Å². The van der Waals surface area contributed by atoms with Gasteiger partial charge >= 0.3 is 0 Å². The number of methoxy groups -OCH3 is 1. The van der Waals surface area contributed by atoms with Crippen LogP contribution in [0.4, 0.5) is 0 Å². The van der Waals surface area contributed by atoms with Gasteiger partial charge in [0.2, 0.25) is 0 Å². The molecule has 0 aliphatic carbocycles. The first kappa shape index (κ1) is 19.6. The highest BCUT2D eigenvalue weighted by molar-refractivity contribution is 5.79. The first-order chi connectivity index (χ1) is 12.2. The van der Waals surface area contributed by atoms with Gasteiger partial charge in [-0.2, -0.15) is 0 Å². The summed E-state index contributed by atoms with van der Waals surface area (Å²) in [5, 5.41) is 3.59. The number of guanidine groups is 1. The molecule has 140 valence electrons. The largest absolute Gasteiger partial charge is 0.497 e. The molecule has 1 heterocycles. The Bertz CT molecular complexity index is 523. The normalized spacial score (nSPS) is 16.7. The number of hydrogen-bond donors (Lipinski definition) is 1. The number of ether oxygens (including phenoxy) is 1. The van der Waals surface area contributed by atoms with E-state index in [0.29, 0.717) is 6.04 Å². The summed E-state index contributed by atoms with van der Waals surface area (Å²) >= 11 is 0. The molecule has 0 bridgehead atoms. The van der Waals surface area contributed by atoms with Gasteiger partial charge in [-0.15, -0.1) is 0 Å². The summed E-state index contributed by atoms with van der Waals surface area (Å²) in [4.78, 5) is 9.25. The fourth-order valence-electron chi connectivity index (χ4n) is 3.41. The van der Waals surface area contributed by atoms with E-state index in [1.807, 2.05) is 7.05 Å². The molecule has 0 saturated carbocycles. The smallest absolute Gasteiger partial charge is 0.193 e. The third-order valence-electron chi connectivity index (χ3n) is 4.96. The Hall–Kier alpha value is -1.75. The molecule has 1 aromatic rings. The average Bonchev–Trinajstić information content (AvgIpc) is 3.18. The topological polar surface area (TPSA) is 40.1 Å². The van der Waals surface area contributed by atoms with Crippen LogP contribution in [0, 0.1) is 0 Å². The average molecular weight is 347 g/mol. The maximum Gasteiger partial charge on any atom is 0.193 e. The van der Waals surface area contributed by atoms with Crippen molar-refractivity contribution in [3.05, 3.63) is 29.8 Å². The summed E-state index contributed by atoms with van der Waals surface area (Å²) in [6.07, 6.45) is 4.96. The number of aliphatic imine (C=N–C) groups is 1. The Kier molecular flexibility index (Phi) is 8.06. The van der Waals surface area contributed by atoms with Crippen molar-refractivity contribution < 1.29 is 4.74 Å². The van der Waals surface area contributed by atoms with Crippen molar-refractivity contribution in [3.8, 4) is 5.75 Å². The predicted molar refractivity (Wildman–Crippen MR) is 105 cm³/mol. The van der Waals surface area contributed by atoms with Crippen LogP contribution in [-0.2, 0) is 0 Å². The van der Waals surface area contributed by atoms with Gasteiger partial charge < -0.3 is 15.0 Å². The molecular weight excluding hydrogens is 312 g/mol. The van der Waals surface area contributed by atoms with Gasteiger partial charge in [0.05, 0.1) is 13.2 Å². The van der Waals surface area contributed by atoms with Gasteiger partial charge in [-0.1, -0.05) is 25.5 Å². The maximum absolute atomic E-state index is 5.30. The minimum Gasteiger partial charge on any atom is -0.497 e. The minimum absolute atomic E-state index is 0.365. The van der Waals surface area contributed by atoms with Crippen LogP contribution in [0.5, 0.6) is 5.75 Å². The highest BCUT2D eigenvalue weighted by Gasteiger charge is 2.24. The monoisotopic (exact) mass is 346 g/mol. The quantitative estimate of drug-likeness (QED) is 0.580. The number of nitrogens with one attached hydrogen (secondary N) is 1. The van der Waals surface area contributed by atoms with Crippen molar-refractivity contribution in [2.75, 3.05) is 47.4 Å². The molecule has 1 saturated heterocycles. The number of unbranched alkanes of at least 4 members (excludes halogenated alkanes) is 1. The summed E-state index contributed by atoms with van der Waals surface area (Å²) in [6, 6.07) is 8.85. The first-order valence-corrected chi connectivity index (χ1v) is 9.49. The molecule has 0 aromatic heterocycles. The Morgan fingerprint density at radius 3 is 2.52 bits per heavy atom. The van der Waals surface area contributed by atoms with Crippen molar-refractivity contribution in [2.45, 2.75) is 38.6 Å². The molecule has 1 unspecified atom stereocenters. The molecule has 1 aromatic carbocycles. The standard InChI is InChI=1S/C20H34N4O/c1-5-6-13-23(3)20(21-2)22-16-19(24-14-7-8-15-24)17-9-11-18(25-4)12-10-17/h9-12,19H,5-8,13-16H2,1-4H3,(H,21,22). The molecule has 2 rings (SSSR count). The van der Waals surface area contributed by atoms with E-state index in [0.717, 1.165) is 24.8 Å².